The minimum absolute atomic E-state index is 0.0347. The van der Waals surface area contributed by atoms with E-state index in [4.69, 9.17) is 5.11 Å². The summed E-state index contributed by atoms with van der Waals surface area (Å²) >= 11 is 1.16. The van der Waals surface area contributed by atoms with E-state index >= 15 is 0 Å². The number of aliphatic hydroxyl groups is 1. The average Bonchev–Trinajstić information content (AvgIpc) is 1.98. The molecule has 1 heterocycles. The number of carbonyl (C=O) groups excluding carboxylic acids is 1. The Morgan fingerprint density at radius 1 is 1.88 bits per heavy atom. The summed E-state index contributed by atoms with van der Waals surface area (Å²) in [5.74, 6) is 0.343. The van der Waals surface area contributed by atoms with Gasteiger partial charge in [0, 0.05) is 11.8 Å². The zero-order chi connectivity index (χ0) is 6.15. The van der Waals surface area contributed by atoms with Crippen molar-refractivity contribution in [3.05, 3.63) is 0 Å². The van der Waals surface area contributed by atoms with Crippen molar-refractivity contribution >= 4 is 22.9 Å². The van der Waals surface area contributed by atoms with Crippen molar-refractivity contribution in [3.63, 3.8) is 0 Å². The van der Waals surface area contributed by atoms with Gasteiger partial charge in [-0.15, -0.1) is 4.58 Å². The van der Waals surface area contributed by atoms with Crippen molar-refractivity contribution < 1.29 is 14.5 Å². The Bertz CT molecular complexity index is 163. The van der Waals surface area contributed by atoms with Gasteiger partial charge >= 0.3 is 11.1 Å². The second-order valence-corrected chi connectivity index (χ2v) is 2.47. The van der Waals surface area contributed by atoms with Gasteiger partial charge in [0.1, 0.15) is 12.8 Å². The Balaban J connectivity index is 2.86. The highest BCUT2D eigenvalue weighted by molar-refractivity contribution is 8.14. The van der Waals surface area contributed by atoms with E-state index in [0.29, 0.717) is 5.75 Å². The van der Waals surface area contributed by atoms with Crippen LogP contribution in [-0.2, 0) is 4.79 Å². The third kappa shape index (κ3) is 0.709. The maximum Gasteiger partial charge on any atom is 0.406 e. The largest absolute Gasteiger partial charge is 0.454 e. The Morgan fingerprint density at radius 2 is 2.50 bits per heavy atom. The first-order chi connectivity index (χ1) is 3.72. The molecule has 0 aromatic heterocycles. The van der Waals surface area contributed by atoms with Gasteiger partial charge < -0.3 is 5.11 Å². The van der Waals surface area contributed by atoms with E-state index in [1.165, 1.54) is 4.58 Å². The number of hydrogen-bond donors (Lipinski definition) is 1. The van der Waals surface area contributed by atoms with Crippen LogP contribution >= 0.6 is 11.8 Å². The van der Waals surface area contributed by atoms with Gasteiger partial charge in [0.2, 0.25) is 0 Å². The van der Waals surface area contributed by atoms with Gasteiger partial charge in [0.15, 0.2) is 0 Å². The van der Waals surface area contributed by atoms with Crippen LogP contribution < -0.4 is 0 Å². The highest BCUT2D eigenvalue weighted by Crippen LogP contribution is 2.08. The molecule has 8 heavy (non-hydrogen) atoms. The van der Waals surface area contributed by atoms with Gasteiger partial charge in [0.05, 0.1) is 0 Å². The molecule has 0 saturated heterocycles. The Labute approximate surface area is 51.0 Å². The Kier molecular flexibility index (Phi) is 1.25. The van der Waals surface area contributed by atoms with Crippen LogP contribution in [0.5, 0.6) is 0 Å². The highest BCUT2D eigenvalue weighted by atomic mass is 32.2. The maximum absolute atomic E-state index is 10.5. The fraction of sp³-hybridized carbons (Fsp3) is 0.500. The lowest BCUT2D eigenvalue weighted by Crippen LogP contribution is -2.14. The number of rotatable bonds is 0. The Morgan fingerprint density at radius 3 is 2.62 bits per heavy atom. The predicted octanol–water partition coefficient (Wildman–Crippen LogP) is -0.184. The molecule has 0 fully saturated rings. The summed E-state index contributed by atoms with van der Waals surface area (Å²) in [6.07, 6.45) is 0. The molecule has 1 rings (SSSR count). The lowest BCUT2D eigenvalue weighted by Gasteiger charge is -1.78. The number of hydrogen-bond acceptors (Lipinski definition) is 2. The number of thioether (sulfide) groups is 1. The van der Waals surface area contributed by atoms with Crippen LogP contribution in [-0.4, -0.2) is 33.6 Å². The molecule has 0 aliphatic carbocycles. The van der Waals surface area contributed by atoms with Crippen LogP contribution in [0.3, 0.4) is 0 Å². The second kappa shape index (κ2) is 1.78. The Hall–Kier alpha value is -0.510. The fourth-order valence-electron chi connectivity index (χ4n) is 0.427. The zero-order valence-corrected chi connectivity index (χ0v) is 5.23. The van der Waals surface area contributed by atoms with Gasteiger partial charge in [-0.2, -0.15) is 0 Å². The molecule has 1 amide bonds. The summed E-state index contributed by atoms with van der Waals surface area (Å²) in [7, 11) is 1.55. The minimum Gasteiger partial charge on any atom is -0.454 e. The summed E-state index contributed by atoms with van der Waals surface area (Å²) < 4.78 is 1.24. The van der Waals surface area contributed by atoms with Gasteiger partial charge in [0.25, 0.3) is 0 Å². The smallest absolute Gasteiger partial charge is 0.406 e. The first-order valence-corrected chi connectivity index (χ1v) is 3.15. The van der Waals surface area contributed by atoms with E-state index in [2.05, 4.69) is 0 Å². The topological polar surface area (TPSA) is 40.3 Å². The van der Waals surface area contributed by atoms with Crippen LogP contribution in [0.2, 0.25) is 0 Å². The van der Waals surface area contributed by atoms with Gasteiger partial charge in [-0.05, 0) is 0 Å². The molecule has 3 nitrogen and oxygen atoms in total. The SMILES string of the molecule is C[N+]1=C(O)SCC1=O. The molecule has 0 atom stereocenters. The van der Waals surface area contributed by atoms with E-state index in [9.17, 15) is 4.79 Å². The fourth-order valence-corrected chi connectivity index (χ4v) is 1.17. The number of nitrogens with zero attached hydrogens (tertiary/aromatic N) is 1. The number of aliphatic hydroxyl groups excluding tert-OH is 1. The van der Waals surface area contributed by atoms with Crippen LogP contribution in [0.1, 0.15) is 0 Å². The van der Waals surface area contributed by atoms with Crippen molar-refractivity contribution in [2.75, 3.05) is 12.8 Å². The molecule has 1 aliphatic heterocycles. The summed E-state index contributed by atoms with van der Waals surface area (Å²) in [6, 6.07) is 0. The molecule has 4 heteroatoms. The number of amides is 1. The van der Waals surface area contributed by atoms with Gasteiger partial charge in [-0.25, -0.2) is 4.79 Å². The van der Waals surface area contributed by atoms with E-state index in [1.807, 2.05) is 0 Å². The first kappa shape index (κ1) is 5.62. The summed E-state index contributed by atoms with van der Waals surface area (Å²) in [5.41, 5.74) is 0. The third-order valence-electron chi connectivity index (χ3n) is 0.986. The standard InChI is InChI=1S/C4H5NO2S/c1-5-3(6)2-8-4(5)7/h2H2,1H3/p+1. The first-order valence-electron chi connectivity index (χ1n) is 2.17. The molecule has 0 saturated carbocycles. The van der Waals surface area contributed by atoms with Crippen molar-refractivity contribution in [1.29, 1.82) is 0 Å². The van der Waals surface area contributed by atoms with Crippen molar-refractivity contribution in [1.82, 2.24) is 0 Å². The van der Waals surface area contributed by atoms with E-state index < -0.39 is 0 Å². The monoisotopic (exact) mass is 132 g/mol. The molecule has 0 aromatic rings. The molecule has 0 unspecified atom stereocenters. The molecule has 0 spiro atoms. The highest BCUT2D eigenvalue weighted by Gasteiger charge is 2.28. The van der Waals surface area contributed by atoms with E-state index in [0.717, 1.165) is 11.8 Å². The summed E-state index contributed by atoms with van der Waals surface area (Å²) in [5, 5.41) is 8.86. The number of carbonyl (C=O) groups is 1. The normalized spacial score (nSPS) is 20.4. The summed E-state index contributed by atoms with van der Waals surface area (Å²) in [6.45, 7) is 0. The minimum atomic E-state index is -0.0347. The van der Waals surface area contributed by atoms with Crippen LogP contribution in [0, 0.1) is 0 Å². The van der Waals surface area contributed by atoms with Crippen molar-refractivity contribution in [2.45, 2.75) is 0 Å². The van der Waals surface area contributed by atoms with Gasteiger partial charge in [-0.1, -0.05) is 0 Å². The van der Waals surface area contributed by atoms with Crippen LogP contribution in [0.15, 0.2) is 0 Å². The van der Waals surface area contributed by atoms with Crippen molar-refractivity contribution in [2.24, 2.45) is 0 Å². The van der Waals surface area contributed by atoms with Crippen LogP contribution in [0.25, 0.3) is 0 Å². The molecule has 0 bridgehead atoms. The molecular weight excluding hydrogens is 126 g/mol. The lowest BCUT2D eigenvalue weighted by molar-refractivity contribution is -0.418. The molecule has 44 valence electrons. The van der Waals surface area contributed by atoms with E-state index in [-0.39, 0.29) is 11.1 Å². The maximum atomic E-state index is 10.5. The molecule has 1 aliphatic rings. The predicted molar refractivity (Wildman–Crippen MR) is 31.3 cm³/mol. The quantitative estimate of drug-likeness (QED) is 0.465. The third-order valence-corrected chi connectivity index (χ3v) is 1.91. The molecule has 0 radical (unpaired) electrons. The van der Waals surface area contributed by atoms with Crippen molar-refractivity contribution in [3.8, 4) is 0 Å². The van der Waals surface area contributed by atoms with E-state index in [1.54, 1.807) is 7.05 Å². The summed E-state index contributed by atoms with van der Waals surface area (Å²) in [4.78, 5) is 10.5. The lowest BCUT2D eigenvalue weighted by atomic mass is 10.7. The zero-order valence-electron chi connectivity index (χ0n) is 4.42. The van der Waals surface area contributed by atoms with Crippen LogP contribution in [0.4, 0.5) is 0 Å². The second-order valence-electron chi connectivity index (χ2n) is 1.52. The molecular formula is C4H6NO2S+. The molecule has 1 N–H and O–H groups in total. The van der Waals surface area contributed by atoms with Gasteiger partial charge in [-0.3, -0.25) is 0 Å². The average molecular weight is 132 g/mol. The molecule has 0 aromatic carbocycles.